The second-order valence-corrected chi connectivity index (χ2v) is 4.84. The third-order valence-corrected chi connectivity index (χ3v) is 1.93. The van der Waals surface area contributed by atoms with Crippen LogP contribution in [0.25, 0.3) is 5.57 Å². The number of allylic oxidation sites excluding steroid dienone is 1. The summed E-state index contributed by atoms with van der Waals surface area (Å²) in [7, 11) is 0. The molecule has 0 aliphatic carbocycles. The number of rotatable bonds is 2. The fourth-order valence-corrected chi connectivity index (χ4v) is 1.27. The molecule has 0 aromatic heterocycles. The molecule has 1 aromatic carbocycles. The molecule has 1 rings (SSSR count). The molecule has 0 amide bonds. The zero-order chi connectivity index (χ0) is 13.1. The molecule has 0 fully saturated rings. The first-order chi connectivity index (χ1) is 7.79. The minimum Gasteiger partial charge on any atom is -0.428 e. The summed E-state index contributed by atoms with van der Waals surface area (Å²) in [4.78, 5) is 11.5. The lowest BCUT2D eigenvalue weighted by atomic mass is 10.1. The average molecular weight is 234 g/mol. The summed E-state index contributed by atoms with van der Waals surface area (Å²) >= 11 is 0. The Kier molecular flexibility index (Phi) is 3.94. The SMILES string of the molecule is C=C(C)c1ccccc1OC(=O)OC(C)(C)C. The minimum atomic E-state index is -0.703. The Balaban J connectivity index is 2.82. The van der Waals surface area contributed by atoms with E-state index in [2.05, 4.69) is 6.58 Å². The van der Waals surface area contributed by atoms with Crippen LogP contribution in [0.4, 0.5) is 4.79 Å². The van der Waals surface area contributed by atoms with Crippen LogP contribution in [0.15, 0.2) is 30.8 Å². The third-order valence-electron chi connectivity index (χ3n) is 1.93. The highest BCUT2D eigenvalue weighted by molar-refractivity contribution is 5.72. The van der Waals surface area contributed by atoms with Gasteiger partial charge in [0.1, 0.15) is 11.4 Å². The molecule has 0 saturated carbocycles. The fraction of sp³-hybridized carbons (Fsp3) is 0.357. The minimum absolute atomic E-state index is 0.467. The first kappa shape index (κ1) is 13.3. The van der Waals surface area contributed by atoms with Crippen LogP contribution in [0.5, 0.6) is 5.75 Å². The summed E-state index contributed by atoms with van der Waals surface area (Å²) in [5.41, 5.74) is 1.08. The highest BCUT2D eigenvalue weighted by Gasteiger charge is 2.19. The first-order valence-electron chi connectivity index (χ1n) is 5.45. The van der Waals surface area contributed by atoms with Crippen LogP contribution in [-0.2, 0) is 4.74 Å². The lowest BCUT2D eigenvalue weighted by molar-refractivity contribution is 0.0206. The van der Waals surface area contributed by atoms with Crippen molar-refractivity contribution in [3.63, 3.8) is 0 Å². The fourth-order valence-electron chi connectivity index (χ4n) is 1.27. The largest absolute Gasteiger partial charge is 0.514 e. The van der Waals surface area contributed by atoms with E-state index in [0.717, 1.165) is 11.1 Å². The van der Waals surface area contributed by atoms with Gasteiger partial charge in [-0.15, -0.1) is 0 Å². The van der Waals surface area contributed by atoms with Gasteiger partial charge in [-0.05, 0) is 39.3 Å². The standard InChI is InChI=1S/C14H18O3/c1-10(2)11-8-6-7-9-12(11)16-13(15)17-14(3,4)5/h6-9H,1H2,2-5H3. The Bertz CT molecular complexity index is 427. The van der Waals surface area contributed by atoms with Gasteiger partial charge < -0.3 is 9.47 Å². The average Bonchev–Trinajstić information content (AvgIpc) is 2.14. The van der Waals surface area contributed by atoms with Crippen LogP contribution in [-0.4, -0.2) is 11.8 Å². The van der Waals surface area contributed by atoms with Crippen LogP contribution < -0.4 is 4.74 Å². The van der Waals surface area contributed by atoms with E-state index >= 15 is 0 Å². The molecule has 0 bridgehead atoms. The van der Waals surface area contributed by atoms with E-state index in [-0.39, 0.29) is 0 Å². The second kappa shape index (κ2) is 5.04. The lowest BCUT2D eigenvalue weighted by Crippen LogP contribution is -2.26. The molecule has 92 valence electrons. The van der Waals surface area contributed by atoms with Gasteiger partial charge in [0.2, 0.25) is 0 Å². The molecule has 0 unspecified atom stereocenters. The molecule has 0 aliphatic rings. The van der Waals surface area contributed by atoms with E-state index in [1.54, 1.807) is 32.9 Å². The molecule has 3 nitrogen and oxygen atoms in total. The molecule has 0 N–H and O–H groups in total. The van der Waals surface area contributed by atoms with Crippen molar-refractivity contribution in [1.82, 2.24) is 0 Å². The van der Waals surface area contributed by atoms with Crippen molar-refractivity contribution in [3.8, 4) is 5.75 Å². The summed E-state index contributed by atoms with van der Waals surface area (Å²) in [6, 6.07) is 7.23. The number of benzene rings is 1. The van der Waals surface area contributed by atoms with Crippen LogP contribution in [0.3, 0.4) is 0 Å². The Morgan fingerprint density at radius 3 is 2.35 bits per heavy atom. The van der Waals surface area contributed by atoms with Gasteiger partial charge in [-0.2, -0.15) is 0 Å². The van der Waals surface area contributed by atoms with Crippen LogP contribution in [0.2, 0.25) is 0 Å². The zero-order valence-electron chi connectivity index (χ0n) is 10.7. The Morgan fingerprint density at radius 1 is 1.24 bits per heavy atom. The molecular weight excluding hydrogens is 216 g/mol. The van der Waals surface area contributed by atoms with Crippen LogP contribution in [0, 0.1) is 0 Å². The Morgan fingerprint density at radius 2 is 1.82 bits per heavy atom. The van der Waals surface area contributed by atoms with E-state index in [0.29, 0.717) is 5.75 Å². The summed E-state index contributed by atoms with van der Waals surface area (Å²) < 4.78 is 10.2. The van der Waals surface area contributed by atoms with Crippen LogP contribution >= 0.6 is 0 Å². The van der Waals surface area contributed by atoms with Crippen molar-refractivity contribution >= 4 is 11.7 Å². The van der Waals surface area contributed by atoms with E-state index in [1.165, 1.54) is 0 Å². The highest BCUT2D eigenvalue weighted by Crippen LogP contribution is 2.25. The van der Waals surface area contributed by atoms with Gasteiger partial charge in [-0.3, -0.25) is 0 Å². The zero-order valence-corrected chi connectivity index (χ0v) is 10.7. The van der Waals surface area contributed by atoms with E-state index in [4.69, 9.17) is 9.47 Å². The van der Waals surface area contributed by atoms with E-state index in [9.17, 15) is 4.79 Å². The van der Waals surface area contributed by atoms with Crippen molar-refractivity contribution in [2.24, 2.45) is 0 Å². The summed E-state index contributed by atoms with van der Waals surface area (Å²) in [6.45, 7) is 11.1. The maximum Gasteiger partial charge on any atom is 0.514 e. The molecule has 0 heterocycles. The molecule has 17 heavy (non-hydrogen) atoms. The van der Waals surface area contributed by atoms with E-state index < -0.39 is 11.8 Å². The normalized spacial score (nSPS) is 10.8. The molecule has 0 atom stereocenters. The highest BCUT2D eigenvalue weighted by atomic mass is 16.7. The van der Waals surface area contributed by atoms with Crippen molar-refractivity contribution in [3.05, 3.63) is 36.4 Å². The number of hydrogen-bond acceptors (Lipinski definition) is 3. The number of carbonyl (C=O) groups excluding carboxylic acids is 1. The van der Waals surface area contributed by atoms with Gasteiger partial charge in [0.05, 0.1) is 0 Å². The maximum absolute atomic E-state index is 11.5. The Labute approximate surface area is 102 Å². The Hall–Kier alpha value is -1.77. The predicted octanol–water partition coefficient (Wildman–Crippen LogP) is 4.03. The number of carbonyl (C=O) groups is 1. The van der Waals surface area contributed by atoms with Crippen molar-refractivity contribution in [1.29, 1.82) is 0 Å². The van der Waals surface area contributed by atoms with Crippen molar-refractivity contribution < 1.29 is 14.3 Å². The van der Waals surface area contributed by atoms with E-state index in [1.807, 2.05) is 19.1 Å². The van der Waals surface area contributed by atoms with Gasteiger partial charge >= 0.3 is 6.16 Å². The summed E-state index contributed by atoms with van der Waals surface area (Å²) in [5, 5.41) is 0. The molecular formula is C14H18O3. The smallest absolute Gasteiger partial charge is 0.428 e. The monoisotopic (exact) mass is 234 g/mol. The summed E-state index contributed by atoms with van der Waals surface area (Å²) in [5.74, 6) is 0.467. The maximum atomic E-state index is 11.5. The van der Waals surface area contributed by atoms with Crippen molar-refractivity contribution in [2.75, 3.05) is 0 Å². The summed E-state index contributed by atoms with van der Waals surface area (Å²) in [6.07, 6.45) is -0.703. The second-order valence-electron chi connectivity index (χ2n) is 4.84. The number of hydrogen-bond donors (Lipinski definition) is 0. The molecule has 0 aliphatic heterocycles. The topological polar surface area (TPSA) is 35.5 Å². The van der Waals surface area contributed by atoms with Gasteiger partial charge in [0, 0.05) is 5.56 Å². The third kappa shape index (κ3) is 4.31. The molecule has 0 radical (unpaired) electrons. The predicted molar refractivity (Wildman–Crippen MR) is 68.0 cm³/mol. The van der Waals surface area contributed by atoms with Gasteiger partial charge in [0.25, 0.3) is 0 Å². The van der Waals surface area contributed by atoms with Crippen molar-refractivity contribution in [2.45, 2.75) is 33.3 Å². The molecule has 0 saturated heterocycles. The van der Waals surface area contributed by atoms with Gasteiger partial charge in [-0.1, -0.05) is 24.8 Å². The number of para-hydroxylation sites is 1. The number of ether oxygens (including phenoxy) is 2. The van der Waals surface area contributed by atoms with Gasteiger partial charge in [0.15, 0.2) is 0 Å². The first-order valence-corrected chi connectivity index (χ1v) is 5.45. The molecule has 0 spiro atoms. The van der Waals surface area contributed by atoms with Crippen LogP contribution in [0.1, 0.15) is 33.3 Å². The molecule has 3 heteroatoms. The lowest BCUT2D eigenvalue weighted by Gasteiger charge is -2.19. The van der Waals surface area contributed by atoms with Gasteiger partial charge in [-0.25, -0.2) is 4.79 Å². The molecule has 1 aromatic rings. The quantitative estimate of drug-likeness (QED) is 0.572.